The van der Waals surface area contributed by atoms with Crippen LogP contribution in [0.2, 0.25) is 0 Å². The largest absolute Gasteiger partial charge is 0.480 e. The maximum absolute atomic E-state index is 11.5. The molecule has 0 aliphatic carbocycles. The highest BCUT2D eigenvalue weighted by Crippen LogP contribution is 2.13. The fourth-order valence-electron chi connectivity index (χ4n) is 1.01. The van der Waals surface area contributed by atoms with Gasteiger partial charge in [-0.1, -0.05) is 17.7 Å². The molecule has 0 aliphatic heterocycles. The van der Waals surface area contributed by atoms with Crippen molar-refractivity contribution in [2.75, 3.05) is 4.72 Å². The molecule has 16 heavy (non-hydrogen) atoms. The molecule has 2 N–H and O–H groups in total. The monoisotopic (exact) mass is 243 g/mol. The van der Waals surface area contributed by atoms with E-state index >= 15 is 0 Å². The lowest BCUT2D eigenvalue weighted by Gasteiger charge is -2.11. The van der Waals surface area contributed by atoms with Crippen molar-refractivity contribution < 1.29 is 18.3 Å². The zero-order chi connectivity index (χ0) is 12.3. The Morgan fingerprint density at radius 2 is 1.81 bits per heavy atom. The first-order valence-electron chi connectivity index (χ1n) is 4.64. The molecule has 0 bridgehead atoms. The summed E-state index contributed by atoms with van der Waals surface area (Å²) in [6.45, 7) is 3.00. The third-order valence-corrected chi connectivity index (χ3v) is 3.78. The van der Waals surface area contributed by atoms with Crippen LogP contribution in [0.5, 0.6) is 0 Å². The lowest BCUT2D eigenvalue weighted by molar-refractivity contribution is -0.136. The third-order valence-electron chi connectivity index (χ3n) is 2.12. The highest BCUT2D eigenvalue weighted by Gasteiger charge is 2.27. The number of hydrogen-bond donors (Lipinski definition) is 2. The number of anilines is 1. The van der Waals surface area contributed by atoms with Gasteiger partial charge in [0.05, 0.1) is 0 Å². The van der Waals surface area contributed by atoms with Crippen LogP contribution in [0.1, 0.15) is 12.5 Å². The van der Waals surface area contributed by atoms with Crippen LogP contribution in [-0.4, -0.2) is 24.7 Å². The van der Waals surface area contributed by atoms with Gasteiger partial charge in [-0.15, -0.1) is 0 Å². The minimum absolute atomic E-state index is 0.360. The minimum atomic E-state index is -3.87. The van der Waals surface area contributed by atoms with Crippen molar-refractivity contribution in [1.82, 2.24) is 0 Å². The second kappa shape index (κ2) is 4.52. The maximum Gasteiger partial charge on any atom is 0.323 e. The van der Waals surface area contributed by atoms with Crippen molar-refractivity contribution in [2.45, 2.75) is 19.1 Å². The molecule has 1 aromatic carbocycles. The number of aryl methyl sites for hydroxylation is 1. The molecule has 0 aromatic heterocycles. The number of sulfonamides is 1. The first kappa shape index (κ1) is 12.5. The van der Waals surface area contributed by atoms with E-state index < -0.39 is 21.2 Å². The molecular formula is C10H13NO4S. The fraction of sp³-hybridized carbons (Fsp3) is 0.300. The Hall–Kier alpha value is -1.56. The second-order valence-corrected chi connectivity index (χ2v) is 5.49. The van der Waals surface area contributed by atoms with E-state index in [2.05, 4.69) is 4.72 Å². The van der Waals surface area contributed by atoms with Crippen molar-refractivity contribution in [3.05, 3.63) is 29.8 Å². The van der Waals surface area contributed by atoms with Gasteiger partial charge in [-0.3, -0.25) is 9.52 Å². The van der Waals surface area contributed by atoms with Gasteiger partial charge in [-0.2, -0.15) is 0 Å². The van der Waals surface area contributed by atoms with E-state index in [0.29, 0.717) is 5.69 Å². The van der Waals surface area contributed by atoms with Crippen molar-refractivity contribution in [3.63, 3.8) is 0 Å². The van der Waals surface area contributed by atoms with Gasteiger partial charge < -0.3 is 5.11 Å². The van der Waals surface area contributed by atoms with Crippen molar-refractivity contribution >= 4 is 21.7 Å². The first-order chi connectivity index (χ1) is 7.33. The Labute approximate surface area is 94.2 Å². The van der Waals surface area contributed by atoms with E-state index in [1.54, 1.807) is 24.3 Å². The average Bonchev–Trinajstić information content (AvgIpc) is 2.20. The van der Waals surface area contributed by atoms with Gasteiger partial charge in [0.25, 0.3) is 0 Å². The Kier molecular flexibility index (Phi) is 3.54. The summed E-state index contributed by atoms with van der Waals surface area (Å²) in [5, 5.41) is 7.14. The van der Waals surface area contributed by atoms with Gasteiger partial charge in [-0.05, 0) is 26.0 Å². The topological polar surface area (TPSA) is 83.5 Å². The second-order valence-electron chi connectivity index (χ2n) is 3.49. The Morgan fingerprint density at radius 3 is 2.25 bits per heavy atom. The summed E-state index contributed by atoms with van der Waals surface area (Å²) >= 11 is 0. The van der Waals surface area contributed by atoms with Gasteiger partial charge in [-0.25, -0.2) is 8.42 Å². The average molecular weight is 243 g/mol. The molecule has 0 heterocycles. The van der Waals surface area contributed by atoms with Crippen LogP contribution < -0.4 is 4.72 Å². The van der Waals surface area contributed by atoms with Crippen molar-refractivity contribution in [3.8, 4) is 0 Å². The van der Waals surface area contributed by atoms with Gasteiger partial charge in [0, 0.05) is 5.69 Å². The van der Waals surface area contributed by atoms with Crippen LogP contribution >= 0.6 is 0 Å². The molecule has 6 heteroatoms. The quantitative estimate of drug-likeness (QED) is 0.832. The van der Waals surface area contributed by atoms with E-state index in [4.69, 9.17) is 5.11 Å². The standard InChI is InChI=1S/C10H13NO4S/c1-7-3-5-9(6-4-7)11-16(14,15)8(2)10(12)13/h3-6,8,11H,1-2H3,(H,12,13). The van der Waals surface area contributed by atoms with Crippen LogP contribution in [0.4, 0.5) is 5.69 Å². The molecule has 1 aromatic rings. The molecule has 0 saturated heterocycles. The molecule has 1 rings (SSSR count). The molecule has 0 aliphatic rings. The van der Waals surface area contributed by atoms with E-state index in [1.807, 2.05) is 6.92 Å². The molecule has 0 fully saturated rings. The van der Waals surface area contributed by atoms with E-state index in [0.717, 1.165) is 12.5 Å². The fourth-order valence-corrected chi connectivity index (χ4v) is 1.91. The zero-order valence-corrected chi connectivity index (χ0v) is 9.78. The molecule has 0 saturated carbocycles. The van der Waals surface area contributed by atoms with E-state index in [-0.39, 0.29) is 0 Å². The zero-order valence-electron chi connectivity index (χ0n) is 8.97. The highest BCUT2D eigenvalue weighted by molar-refractivity contribution is 7.94. The lowest BCUT2D eigenvalue weighted by Crippen LogP contribution is -2.32. The number of rotatable bonds is 4. The van der Waals surface area contributed by atoms with Crippen LogP contribution in [-0.2, 0) is 14.8 Å². The van der Waals surface area contributed by atoms with Crippen LogP contribution in [0, 0.1) is 6.92 Å². The molecule has 0 amide bonds. The van der Waals surface area contributed by atoms with E-state index in [9.17, 15) is 13.2 Å². The molecule has 88 valence electrons. The number of carboxylic acid groups (broad SMARTS) is 1. The summed E-state index contributed by atoms with van der Waals surface area (Å²) < 4.78 is 25.3. The summed E-state index contributed by atoms with van der Waals surface area (Å²) in [4.78, 5) is 10.6. The van der Waals surface area contributed by atoms with Gasteiger partial charge >= 0.3 is 5.97 Å². The molecular weight excluding hydrogens is 230 g/mol. The number of hydrogen-bond acceptors (Lipinski definition) is 3. The van der Waals surface area contributed by atoms with Crippen LogP contribution in [0.3, 0.4) is 0 Å². The molecule has 0 spiro atoms. The predicted molar refractivity (Wildman–Crippen MR) is 60.8 cm³/mol. The Bertz CT molecular complexity index is 478. The maximum atomic E-state index is 11.5. The predicted octanol–water partition coefficient (Wildman–Crippen LogP) is 1.21. The van der Waals surface area contributed by atoms with Crippen molar-refractivity contribution in [1.29, 1.82) is 0 Å². The summed E-state index contributed by atoms with van der Waals surface area (Å²) in [6, 6.07) is 6.65. The van der Waals surface area contributed by atoms with Crippen molar-refractivity contribution in [2.24, 2.45) is 0 Å². The smallest absolute Gasteiger partial charge is 0.323 e. The summed E-state index contributed by atoms with van der Waals surface area (Å²) in [6.07, 6.45) is 0. The third kappa shape index (κ3) is 2.96. The Morgan fingerprint density at radius 1 is 1.31 bits per heavy atom. The van der Waals surface area contributed by atoms with Gasteiger partial charge in [0.2, 0.25) is 10.0 Å². The van der Waals surface area contributed by atoms with Gasteiger partial charge in [0.15, 0.2) is 5.25 Å². The highest BCUT2D eigenvalue weighted by atomic mass is 32.2. The molecule has 5 nitrogen and oxygen atoms in total. The molecule has 1 unspecified atom stereocenters. The van der Waals surface area contributed by atoms with E-state index in [1.165, 1.54) is 0 Å². The normalized spacial score (nSPS) is 13.1. The SMILES string of the molecule is Cc1ccc(NS(=O)(=O)C(C)C(=O)O)cc1. The summed E-state index contributed by atoms with van der Waals surface area (Å²) in [5.74, 6) is -1.38. The van der Waals surface area contributed by atoms with Crippen LogP contribution in [0.15, 0.2) is 24.3 Å². The molecule has 1 atom stereocenters. The number of nitrogens with one attached hydrogen (secondary N) is 1. The first-order valence-corrected chi connectivity index (χ1v) is 6.18. The summed E-state index contributed by atoms with van der Waals surface area (Å²) in [5.41, 5.74) is 1.35. The Balaban J connectivity index is 2.89. The number of carbonyl (C=O) groups is 1. The van der Waals surface area contributed by atoms with Gasteiger partial charge in [0.1, 0.15) is 0 Å². The molecule has 0 radical (unpaired) electrons. The lowest BCUT2D eigenvalue weighted by atomic mass is 10.2. The van der Waals surface area contributed by atoms with Crippen LogP contribution in [0.25, 0.3) is 0 Å². The summed E-state index contributed by atoms with van der Waals surface area (Å²) in [7, 11) is -3.87. The minimum Gasteiger partial charge on any atom is -0.480 e. The number of aliphatic carboxylic acids is 1. The number of carboxylic acids is 1. The number of benzene rings is 1.